The van der Waals surface area contributed by atoms with Gasteiger partial charge in [-0.2, -0.15) is 18.2 Å². The maximum absolute atomic E-state index is 6.47. The van der Waals surface area contributed by atoms with E-state index < -0.39 is 0 Å². The van der Waals surface area contributed by atoms with Gasteiger partial charge in [0.05, 0.1) is 16.7 Å². The smallest absolute Gasteiger partial charge is 0.510 e. The quantitative estimate of drug-likeness (QED) is 0.118. The van der Waals surface area contributed by atoms with Crippen molar-refractivity contribution in [3.63, 3.8) is 0 Å². The monoisotopic (exact) mass is 880 g/mol. The van der Waals surface area contributed by atoms with Gasteiger partial charge in [-0.05, 0) is 52.6 Å². The molecule has 0 spiro atoms. The molecule has 1 aliphatic heterocycles. The van der Waals surface area contributed by atoms with Crippen molar-refractivity contribution in [2.24, 2.45) is 0 Å². The van der Waals surface area contributed by atoms with Gasteiger partial charge < -0.3 is 19.1 Å². The Balaban J connectivity index is 0.00000413. The molecule has 1 aromatic heterocycles. The fourth-order valence-electron chi connectivity index (χ4n) is 6.94. The molecular weight excluding hydrogens is 844 g/mol. The molecule has 0 radical (unpaired) electrons. The molecule has 8 aromatic rings. The van der Waals surface area contributed by atoms with Gasteiger partial charge in [0.25, 0.3) is 6.33 Å². The van der Waals surface area contributed by atoms with E-state index in [-0.39, 0.29) is 26.5 Å². The van der Waals surface area contributed by atoms with E-state index in [0.29, 0.717) is 11.5 Å². The topological polar surface area (TPSA) is 24.5 Å². The van der Waals surface area contributed by atoms with Crippen LogP contribution in [0.4, 0.5) is 22.7 Å². The number of hydrogen-bond acceptors (Lipinski definition) is 3. The third kappa shape index (κ3) is 6.61. The molecule has 0 N–H and O–H groups in total. The molecule has 0 unspecified atom stereocenters. The van der Waals surface area contributed by atoms with Crippen molar-refractivity contribution < 1.29 is 30.4 Å². The number of imidazole rings is 1. The molecule has 264 valence electrons. The first-order valence-corrected chi connectivity index (χ1v) is 17.9. The molecule has 0 fully saturated rings. The molecule has 0 aliphatic carbocycles. The Bertz CT molecular complexity index is 2580. The van der Waals surface area contributed by atoms with Gasteiger partial charge in [-0.15, -0.1) is 42.7 Å². The second kappa shape index (κ2) is 14.5. The number of fused-ring (bicyclic) bond motifs is 2. The molecule has 0 atom stereocenters. The summed E-state index contributed by atoms with van der Waals surface area (Å²) in [6.45, 7) is 8.94. The zero-order valence-electron chi connectivity index (χ0n) is 30.2. The number of para-hydroxylation sites is 5. The van der Waals surface area contributed by atoms with Crippen molar-refractivity contribution in [3.8, 4) is 34.0 Å². The van der Waals surface area contributed by atoms with E-state index in [1.807, 2.05) is 65.2 Å². The predicted octanol–water partition coefficient (Wildman–Crippen LogP) is 11.5. The third-order valence-electron chi connectivity index (χ3n) is 9.64. The molecule has 0 bridgehead atoms. The molecule has 9 rings (SSSR count). The van der Waals surface area contributed by atoms with Gasteiger partial charge in [-0.3, -0.25) is 4.57 Å². The van der Waals surface area contributed by atoms with Crippen LogP contribution in [0.1, 0.15) is 26.3 Å². The SMILES string of the molecule is CC(C)(C)c1ccc(-c2ccccc2)c(N2[CH-]N(c3[c-]c(Oc4[c-]c(-n5[c-][n+](-c6ccccc6)c6ccccc65)ccc4)ccc3)c3ccccc32)c1.[Pt+4]. The van der Waals surface area contributed by atoms with Crippen molar-refractivity contribution in [2.45, 2.75) is 26.2 Å². The molecule has 2 heterocycles. The Hall–Kier alpha value is -5.90. The maximum atomic E-state index is 6.47. The largest absolute Gasteiger partial charge is 4.00 e. The molecule has 1 aliphatic rings. The van der Waals surface area contributed by atoms with E-state index in [2.05, 4.69) is 163 Å². The standard InChI is InChI=1S/C48H37N4O.Pt/c1-48(2,3)36-28-29-42(35-16-6-4-7-17-35)47(30-36)52-34-51(45-26-12-13-27-46(45)52)39-21-15-23-41(32-39)53-40-22-14-20-38(31-40)50-33-49(37-18-8-5-9-19-37)43-24-10-11-25-44(43)50;/h4-30,34H,1-3H3;/q-3;+4. The first kappa shape index (κ1) is 35.1. The summed E-state index contributed by atoms with van der Waals surface area (Å²) in [5.41, 5.74) is 11.7. The first-order chi connectivity index (χ1) is 25.9. The Kier molecular flexibility index (Phi) is 9.43. The van der Waals surface area contributed by atoms with E-state index in [1.54, 1.807) is 0 Å². The van der Waals surface area contributed by atoms with Crippen LogP contribution >= 0.6 is 0 Å². The Morgan fingerprint density at radius 1 is 0.574 bits per heavy atom. The first-order valence-electron chi connectivity index (χ1n) is 17.9. The number of anilines is 4. The fourth-order valence-corrected chi connectivity index (χ4v) is 6.94. The van der Waals surface area contributed by atoms with Crippen LogP contribution < -0.4 is 19.1 Å². The number of benzene rings is 7. The number of ether oxygens (including phenoxy) is 1. The van der Waals surface area contributed by atoms with Gasteiger partial charge in [-0.25, -0.2) is 0 Å². The van der Waals surface area contributed by atoms with Crippen molar-refractivity contribution in [3.05, 3.63) is 194 Å². The third-order valence-corrected chi connectivity index (χ3v) is 9.64. The van der Waals surface area contributed by atoms with Crippen LogP contribution in [0.5, 0.6) is 11.5 Å². The van der Waals surface area contributed by atoms with E-state index in [9.17, 15) is 0 Å². The van der Waals surface area contributed by atoms with Crippen molar-refractivity contribution in [1.29, 1.82) is 0 Å². The van der Waals surface area contributed by atoms with Crippen LogP contribution in [0, 0.1) is 25.1 Å². The van der Waals surface area contributed by atoms with Crippen LogP contribution in [0.15, 0.2) is 164 Å². The van der Waals surface area contributed by atoms with Crippen LogP contribution in [0.3, 0.4) is 0 Å². The van der Waals surface area contributed by atoms with Crippen LogP contribution in [0.25, 0.3) is 33.5 Å². The van der Waals surface area contributed by atoms with Crippen LogP contribution in [0.2, 0.25) is 0 Å². The minimum absolute atomic E-state index is 0. The number of hydrogen-bond donors (Lipinski definition) is 0. The normalized spacial score (nSPS) is 12.4. The second-order valence-electron chi connectivity index (χ2n) is 14.2. The van der Waals surface area contributed by atoms with Crippen molar-refractivity contribution in [1.82, 2.24) is 4.57 Å². The van der Waals surface area contributed by atoms with Crippen molar-refractivity contribution >= 4 is 33.8 Å². The van der Waals surface area contributed by atoms with E-state index >= 15 is 0 Å². The maximum Gasteiger partial charge on any atom is 4.00 e. The van der Waals surface area contributed by atoms with Gasteiger partial charge in [0.1, 0.15) is 0 Å². The molecular formula is C48H37N4OPt+. The summed E-state index contributed by atoms with van der Waals surface area (Å²) < 4.78 is 10.6. The Morgan fingerprint density at radius 3 is 1.91 bits per heavy atom. The van der Waals surface area contributed by atoms with Gasteiger partial charge >= 0.3 is 21.1 Å². The van der Waals surface area contributed by atoms with E-state index in [1.165, 1.54) is 16.7 Å². The molecule has 0 saturated carbocycles. The van der Waals surface area contributed by atoms with Gasteiger partial charge in [-0.1, -0.05) is 118 Å². The summed E-state index contributed by atoms with van der Waals surface area (Å²) in [5, 5.41) is 0. The summed E-state index contributed by atoms with van der Waals surface area (Å²) in [6.07, 6.45) is 3.54. The van der Waals surface area contributed by atoms with Gasteiger partial charge in [0.15, 0.2) is 0 Å². The minimum atomic E-state index is -0.00777. The van der Waals surface area contributed by atoms with Gasteiger partial charge in [0.2, 0.25) is 0 Å². The number of rotatable bonds is 7. The molecule has 7 aromatic carbocycles. The summed E-state index contributed by atoms with van der Waals surface area (Å²) >= 11 is 0. The van der Waals surface area contributed by atoms with E-state index in [0.717, 1.165) is 45.2 Å². The average Bonchev–Trinajstić information content (AvgIpc) is 3.78. The summed E-state index contributed by atoms with van der Waals surface area (Å²) in [4.78, 5) is 4.48. The number of nitrogens with zero attached hydrogens (tertiary/aromatic N) is 4. The average molecular weight is 881 g/mol. The summed E-state index contributed by atoms with van der Waals surface area (Å²) in [5.74, 6) is 1.19. The fraction of sp³-hybridized carbons (Fsp3) is 0.0833. The molecule has 6 heteroatoms. The molecule has 5 nitrogen and oxygen atoms in total. The van der Waals surface area contributed by atoms with Gasteiger partial charge in [0, 0.05) is 34.1 Å². The van der Waals surface area contributed by atoms with Crippen LogP contribution in [-0.2, 0) is 26.5 Å². The van der Waals surface area contributed by atoms with Crippen molar-refractivity contribution in [2.75, 3.05) is 9.80 Å². The Morgan fingerprint density at radius 2 is 1.19 bits per heavy atom. The molecule has 54 heavy (non-hydrogen) atoms. The summed E-state index contributed by atoms with van der Waals surface area (Å²) in [7, 11) is 0. The molecule has 0 saturated heterocycles. The van der Waals surface area contributed by atoms with E-state index in [4.69, 9.17) is 4.74 Å². The second-order valence-corrected chi connectivity index (χ2v) is 14.2. The van der Waals surface area contributed by atoms with Crippen LogP contribution in [-0.4, -0.2) is 4.57 Å². The summed E-state index contributed by atoms with van der Waals surface area (Å²) in [6, 6.07) is 63.5. The zero-order valence-corrected chi connectivity index (χ0v) is 32.5. The predicted molar refractivity (Wildman–Crippen MR) is 213 cm³/mol. The molecule has 0 amide bonds. The zero-order chi connectivity index (χ0) is 35.9. The number of aromatic nitrogens is 2. The Labute approximate surface area is 331 Å². The minimum Gasteiger partial charge on any atom is -0.510 e.